The molecule has 0 bridgehead atoms. The number of amides is 1. The zero-order valence-corrected chi connectivity index (χ0v) is 11.5. The van der Waals surface area contributed by atoms with E-state index in [1.807, 2.05) is 6.07 Å². The van der Waals surface area contributed by atoms with E-state index in [4.69, 9.17) is 5.26 Å². The molecule has 1 N–H and O–H groups in total. The molecular formula is C12H10N4OS2. The average Bonchev–Trinajstić information content (AvgIpc) is 2.92. The highest BCUT2D eigenvalue weighted by Gasteiger charge is 2.07. The van der Waals surface area contributed by atoms with E-state index in [1.54, 1.807) is 24.3 Å². The molecule has 0 unspecified atom stereocenters. The third kappa shape index (κ3) is 4.05. The summed E-state index contributed by atoms with van der Waals surface area (Å²) in [6, 6.07) is 8.98. The molecule has 0 radical (unpaired) electrons. The van der Waals surface area contributed by atoms with Crippen molar-refractivity contribution in [3.05, 3.63) is 36.2 Å². The van der Waals surface area contributed by atoms with Gasteiger partial charge in [-0.15, -0.1) is 0 Å². The number of benzene rings is 1. The maximum absolute atomic E-state index is 11.7. The van der Waals surface area contributed by atoms with E-state index in [0.29, 0.717) is 23.4 Å². The number of carbonyl (C=O) groups excluding carboxylic acids is 1. The molecule has 2 aromatic rings. The Morgan fingerprint density at radius 2 is 2.32 bits per heavy atom. The van der Waals surface area contributed by atoms with Crippen LogP contribution in [0.1, 0.15) is 12.0 Å². The Labute approximate surface area is 118 Å². The highest BCUT2D eigenvalue weighted by atomic mass is 32.2. The van der Waals surface area contributed by atoms with Crippen LogP contribution in [-0.4, -0.2) is 21.0 Å². The molecule has 19 heavy (non-hydrogen) atoms. The summed E-state index contributed by atoms with van der Waals surface area (Å²) in [5.41, 5.74) is 1.02. The van der Waals surface area contributed by atoms with Crippen LogP contribution in [0.5, 0.6) is 0 Å². The van der Waals surface area contributed by atoms with Gasteiger partial charge in [-0.1, -0.05) is 23.9 Å². The zero-order chi connectivity index (χ0) is 13.5. The highest BCUT2D eigenvalue weighted by Crippen LogP contribution is 2.19. The Kier molecular flexibility index (Phi) is 4.89. The maximum Gasteiger partial charge on any atom is 0.225 e. The Hall–Kier alpha value is -1.91. The smallest absolute Gasteiger partial charge is 0.225 e. The summed E-state index contributed by atoms with van der Waals surface area (Å²) in [5, 5.41) is 11.6. The van der Waals surface area contributed by atoms with Gasteiger partial charge in [-0.3, -0.25) is 4.79 Å². The van der Waals surface area contributed by atoms with E-state index in [-0.39, 0.29) is 5.91 Å². The number of nitrogens with zero attached hydrogens (tertiary/aromatic N) is 3. The van der Waals surface area contributed by atoms with Crippen LogP contribution in [0.25, 0.3) is 0 Å². The molecule has 0 saturated heterocycles. The predicted molar refractivity (Wildman–Crippen MR) is 75.0 cm³/mol. The Balaban J connectivity index is 1.83. The number of carbonyl (C=O) groups is 1. The number of thioether (sulfide) groups is 1. The van der Waals surface area contributed by atoms with Crippen molar-refractivity contribution in [2.75, 3.05) is 11.1 Å². The predicted octanol–water partition coefficient (Wildman–Crippen LogP) is 2.53. The molecule has 0 spiro atoms. The van der Waals surface area contributed by atoms with Crippen LogP contribution in [0.15, 0.2) is 34.9 Å². The van der Waals surface area contributed by atoms with Gasteiger partial charge in [-0.25, -0.2) is 4.98 Å². The van der Waals surface area contributed by atoms with Crippen molar-refractivity contribution in [2.24, 2.45) is 0 Å². The van der Waals surface area contributed by atoms with E-state index < -0.39 is 0 Å². The number of rotatable bonds is 5. The normalized spacial score (nSPS) is 9.84. The molecule has 5 nitrogen and oxygen atoms in total. The van der Waals surface area contributed by atoms with Crippen molar-refractivity contribution < 1.29 is 4.79 Å². The van der Waals surface area contributed by atoms with Gasteiger partial charge in [0.25, 0.3) is 0 Å². The summed E-state index contributed by atoms with van der Waals surface area (Å²) in [7, 11) is 0. The molecule has 0 fully saturated rings. The molecular weight excluding hydrogens is 280 g/mol. The van der Waals surface area contributed by atoms with Crippen molar-refractivity contribution in [2.45, 2.75) is 10.8 Å². The van der Waals surface area contributed by atoms with Crippen LogP contribution in [0.4, 0.5) is 5.69 Å². The number of aromatic nitrogens is 2. The van der Waals surface area contributed by atoms with Crippen molar-refractivity contribution >= 4 is 34.9 Å². The summed E-state index contributed by atoms with van der Waals surface area (Å²) in [5.74, 6) is 0.523. The monoisotopic (exact) mass is 290 g/mol. The first kappa shape index (κ1) is 13.5. The lowest BCUT2D eigenvalue weighted by atomic mass is 10.2. The summed E-state index contributed by atoms with van der Waals surface area (Å²) >= 11 is 2.81. The van der Waals surface area contributed by atoms with Gasteiger partial charge in [-0.2, -0.15) is 9.64 Å². The number of hydrogen-bond acceptors (Lipinski definition) is 6. The summed E-state index contributed by atoms with van der Waals surface area (Å²) < 4.78 is 4.74. The standard InChI is InChI=1S/C12H10N4OS2/c13-7-9-3-1-2-4-10(9)16-11(17)5-6-18-12-14-8-15-19-12/h1-4,8H,5-6H2,(H,16,17). The largest absolute Gasteiger partial charge is 0.325 e. The molecule has 2 rings (SSSR count). The third-order valence-corrected chi connectivity index (χ3v) is 4.02. The lowest BCUT2D eigenvalue weighted by Crippen LogP contribution is -2.13. The molecule has 0 atom stereocenters. The number of para-hydroxylation sites is 1. The topological polar surface area (TPSA) is 78.7 Å². The molecule has 0 aliphatic heterocycles. The first-order valence-corrected chi connectivity index (χ1v) is 7.24. The fourth-order valence-electron chi connectivity index (χ4n) is 1.36. The minimum Gasteiger partial charge on any atom is -0.325 e. The van der Waals surface area contributed by atoms with Crippen LogP contribution in [-0.2, 0) is 4.79 Å². The van der Waals surface area contributed by atoms with Crippen molar-refractivity contribution in [3.8, 4) is 6.07 Å². The minimum absolute atomic E-state index is 0.111. The quantitative estimate of drug-likeness (QED) is 0.856. The molecule has 7 heteroatoms. The van der Waals surface area contributed by atoms with Crippen LogP contribution >= 0.6 is 23.3 Å². The van der Waals surface area contributed by atoms with Crippen molar-refractivity contribution in [1.82, 2.24) is 9.36 Å². The first-order valence-electron chi connectivity index (χ1n) is 5.48. The van der Waals surface area contributed by atoms with E-state index >= 15 is 0 Å². The van der Waals surface area contributed by atoms with Gasteiger partial charge in [0.15, 0.2) is 4.34 Å². The fourth-order valence-corrected chi connectivity index (χ4v) is 2.81. The number of nitriles is 1. The molecule has 0 aliphatic rings. The number of hydrogen-bond donors (Lipinski definition) is 1. The maximum atomic E-state index is 11.7. The molecule has 1 aromatic heterocycles. The lowest BCUT2D eigenvalue weighted by molar-refractivity contribution is -0.115. The minimum atomic E-state index is -0.111. The molecule has 1 amide bonds. The molecule has 0 saturated carbocycles. The second kappa shape index (κ2) is 6.87. The van der Waals surface area contributed by atoms with Crippen molar-refractivity contribution in [1.29, 1.82) is 5.26 Å². The Morgan fingerprint density at radius 1 is 1.47 bits per heavy atom. The first-order chi connectivity index (χ1) is 9.29. The second-order valence-electron chi connectivity index (χ2n) is 3.51. The molecule has 0 aliphatic carbocycles. The summed E-state index contributed by atoms with van der Waals surface area (Å²) in [4.78, 5) is 15.8. The van der Waals surface area contributed by atoms with Gasteiger partial charge in [-0.05, 0) is 23.7 Å². The van der Waals surface area contributed by atoms with Crippen LogP contribution in [0, 0.1) is 11.3 Å². The fraction of sp³-hybridized carbons (Fsp3) is 0.167. The SMILES string of the molecule is N#Cc1ccccc1NC(=O)CCSc1ncns1. The highest BCUT2D eigenvalue weighted by molar-refractivity contribution is 8.00. The number of nitrogens with one attached hydrogen (secondary N) is 1. The lowest BCUT2D eigenvalue weighted by Gasteiger charge is -2.05. The zero-order valence-electron chi connectivity index (χ0n) is 9.87. The number of anilines is 1. The van der Waals surface area contributed by atoms with E-state index in [0.717, 1.165) is 4.34 Å². The summed E-state index contributed by atoms with van der Waals surface area (Å²) in [6.45, 7) is 0. The van der Waals surface area contributed by atoms with Gasteiger partial charge >= 0.3 is 0 Å². The van der Waals surface area contributed by atoms with E-state index in [2.05, 4.69) is 14.7 Å². The van der Waals surface area contributed by atoms with Gasteiger partial charge < -0.3 is 5.32 Å². The van der Waals surface area contributed by atoms with Crippen LogP contribution in [0.2, 0.25) is 0 Å². The van der Waals surface area contributed by atoms with E-state index in [1.165, 1.54) is 29.6 Å². The Morgan fingerprint density at radius 3 is 3.05 bits per heavy atom. The Bertz CT molecular complexity index is 592. The van der Waals surface area contributed by atoms with Gasteiger partial charge in [0, 0.05) is 12.2 Å². The van der Waals surface area contributed by atoms with E-state index in [9.17, 15) is 4.79 Å². The summed E-state index contributed by atoms with van der Waals surface area (Å²) in [6.07, 6.45) is 1.86. The molecule has 1 heterocycles. The van der Waals surface area contributed by atoms with Gasteiger partial charge in [0.2, 0.25) is 5.91 Å². The van der Waals surface area contributed by atoms with Crippen molar-refractivity contribution in [3.63, 3.8) is 0 Å². The van der Waals surface area contributed by atoms with Gasteiger partial charge in [0.05, 0.1) is 11.3 Å². The molecule has 96 valence electrons. The second-order valence-corrected chi connectivity index (χ2v) is 5.63. The van der Waals surface area contributed by atoms with Crippen LogP contribution in [0.3, 0.4) is 0 Å². The van der Waals surface area contributed by atoms with Crippen LogP contribution < -0.4 is 5.32 Å². The average molecular weight is 290 g/mol. The third-order valence-electron chi connectivity index (χ3n) is 2.22. The molecule has 1 aromatic carbocycles. The van der Waals surface area contributed by atoms with Gasteiger partial charge in [0.1, 0.15) is 12.4 Å².